The first kappa shape index (κ1) is 13.5. The summed E-state index contributed by atoms with van der Waals surface area (Å²) < 4.78 is 5.48. The van der Waals surface area contributed by atoms with Gasteiger partial charge < -0.3 is 9.64 Å². The monoisotopic (exact) mass is 227 g/mol. The zero-order valence-corrected chi connectivity index (χ0v) is 10.9. The molecule has 0 bridgehead atoms. The minimum atomic E-state index is -0.161. The summed E-state index contributed by atoms with van der Waals surface area (Å²) in [5.41, 5.74) is 0. The van der Waals surface area contributed by atoms with Crippen LogP contribution in [0.15, 0.2) is 0 Å². The van der Waals surface area contributed by atoms with Crippen molar-refractivity contribution in [1.82, 2.24) is 4.90 Å². The Morgan fingerprint density at radius 2 is 2.25 bits per heavy atom. The summed E-state index contributed by atoms with van der Waals surface area (Å²) in [5, 5.41) is 0. The maximum atomic E-state index is 12.3. The van der Waals surface area contributed by atoms with Crippen molar-refractivity contribution >= 4 is 5.91 Å². The van der Waals surface area contributed by atoms with Crippen LogP contribution in [-0.2, 0) is 9.53 Å². The fraction of sp³-hybridized carbons (Fsp3) is 0.923. The van der Waals surface area contributed by atoms with Gasteiger partial charge in [0.25, 0.3) is 5.91 Å². The molecule has 0 aromatic heterocycles. The highest BCUT2D eigenvalue weighted by atomic mass is 16.5. The van der Waals surface area contributed by atoms with Crippen molar-refractivity contribution in [2.24, 2.45) is 0 Å². The van der Waals surface area contributed by atoms with Gasteiger partial charge in [-0.05, 0) is 32.6 Å². The predicted molar refractivity (Wildman–Crippen MR) is 65.3 cm³/mol. The highest BCUT2D eigenvalue weighted by Crippen LogP contribution is 2.17. The van der Waals surface area contributed by atoms with E-state index in [4.69, 9.17) is 4.74 Å². The second-order valence-electron chi connectivity index (χ2n) is 4.64. The van der Waals surface area contributed by atoms with Crippen LogP contribution >= 0.6 is 0 Å². The third-order valence-corrected chi connectivity index (χ3v) is 3.36. The Morgan fingerprint density at radius 1 is 1.50 bits per heavy atom. The topological polar surface area (TPSA) is 29.5 Å². The largest absolute Gasteiger partial charge is 0.368 e. The van der Waals surface area contributed by atoms with Crippen molar-refractivity contribution in [1.29, 1.82) is 0 Å². The molecular formula is C13H25NO2. The summed E-state index contributed by atoms with van der Waals surface area (Å²) >= 11 is 0. The fourth-order valence-electron chi connectivity index (χ4n) is 2.05. The lowest BCUT2D eigenvalue weighted by Crippen LogP contribution is -2.44. The Kier molecular flexibility index (Phi) is 5.81. The summed E-state index contributed by atoms with van der Waals surface area (Å²) in [6, 6.07) is 0.336. The third-order valence-electron chi connectivity index (χ3n) is 3.36. The molecule has 0 N–H and O–H groups in total. The minimum absolute atomic E-state index is 0.161. The number of carbonyl (C=O) groups is 1. The first-order valence-corrected chi connectivity index (χ1v) is 6.62. The molecule has 3 nitrogen and oxygen atoms in total. The van der Waals surface area contributed by atoms with E-state index in [-0.39, 0.29) is 12.0 Å². The molecule has 0 aliphatic carbocycles. The molecule has 1 aliphatic heterocycles. The molecular weight excluding hydrogens is 202 g/mol. The maximum absolute atomic E-state index is 12.3. The van der Waals surface area contributed by atoms with Crippen molar-refractivity contribution < 1.29 is 9.53 Å². The van der Waals surface area contributed by atoms with E-state index in [9.17, 15) is 4.79 Å². The number of ether oxygens (including phenoxy) is 1. The zero-order valence-electron chi connectivity index (χ0n) is 10.9. The van der Waals surface area contributed by atoms with E-state index < -0.39 is 0 Å². The van der Waals surface area contributed by atoms with Crippen LogP contribution in [0.5, 0.6) is 0 Å². The van der Waals surface area contributed by atoms with Crippen molar-refractivity contribution in [2.75, 3.05) is 13.2 Å². The van der Waals surface area contributed by atoms with Gasteiger partial charge in [0.15, 0.2) is 0 Å². The van der Waals surface area contributed by atoms with Crippen molar-refractivity contribution in [3.63, 3.8) is 0 Å². The number of amides is 1. The maximum Gasteiger partial charge on any atom is 0.251 e. The van der Waals surface area contributed by atoms with Gasteiger partial charge in [0.1, 0.15) is 6.10 Å². The van der Waals surface area contributed by atoms with Gasteiger partial charge in [-0.25, -0.2) is 0 Å². The van der Waals surface area contributed by atoms with Crippen LogP contribution in [-0.4, -0.2) is 36.1 Å². The average Bonchev–Trinajstić information content (AvgIpc) is 2.82. The summed E-state index contributed by atoms with van der Waals surface area (Å²) in [6.45, 7) is 8.04. The molecule has 1 rings (SSSR count). The quantitative estimate of drug-likeness (QED) is 0.698. The number of unbranched alkanes of at least 4 members (excludes halogenated alkanes) is 1. The van der Waals surface area contributed by atoms with Crippen molar-refractivity contribution in [3.05, 3.63) is 0 Å². The van der Waals surface area contributed by atoms with Gasteiger partial charge in [-0.15, -0.1) is 0 Å². The molecule has 1 aliphatic rings. The van der Waals surface area contributed by atoms with Gasteiger partial charge in [-0.3, -0.25) is 4.79 Å². The molecule has 94 valence electrons. The van der Waals surface area contributed by atoms with Crippen LogP contribution in [0.1, 0.15) is 52.9 Å². The Hall–Kier alpha value is -0.570. The average molecular weight is 227 g/mol. The molecule has 2 atom stereocenters. The Morgan fingerprint density at radius 3 is 2.75 bits per heavy atom. The van der Waals surface area contributed by atoms with Crippen LogP contribution in [0.2, 0.25) is 0 Å². The first-order chi connectivity index (χ1) is 7.70. The highest BCUT2D eigenvalue weighted by molar-refractivity contribution is 5.81. The summed E-state index contributed by atoms with van der Waals surface area (Å²) in [7, 11) is 0. The summed E-state index contributed by atoms with van der Waals surface area (Å²) in [4.78, 5) is 14.3. The molecule has 0 radical (unpaired) electrons. The predicted octanol–water partition coefficient (Wildman–Crippen LogP) is 2.59. The number of nitrogens with zero attached hydrogens (tertiary/aromatic N) is 1. The van der Waals surface area contributed by atoms with Gasteiger partial charge >= 0.3 is 0 Å². The Labute approximate surface area is 99.1 Å². The van der Waals surface area contributed by atoms with E-state index in [0.29, 0.717) is 6.04 Å². The zero-order chi connectivity index (χ0) is 12.0. The lowest BCUT2D eigenvalue weighted by Gasteiger charge is -2.30. The SMILES string of the molecule is CCCCN(C(=O)C1CCCO1)C(C)CC. The molecule has 0 saturated carbocycles. The van der Waals surface area contributed by atoms with E-state index in [1.807, 2.05) is 4.90 Å². The first-order valence-electron chi connectivity index (χ1n) is 6.62. The van der Waals surface area contributed by atoms with Crippen molar-refractivity contribution in [3.8, 4) is 0 Å². The van der Waals surface area contributed by atoms with Crippen molar-refractivity contribution in [2.45, 2.75) is 65.0 Å². The number of hydrogen-bond donors (Lipinski definition) is 0. The molecule has 0 spiro atoms. The molecule has 1 amide bonds. The molecule has 0 aromatic rings. The van der Waals surface area contributed by atoms with Crippen LogP contribution in [0.4, 0.5) is 0 Å². The van der Waals surface area contributed by atoms with E-state index in [1.54, 1.807) is 0 Å². The number of rotatable bonds is 6. The molecule has 1 heterocycles. The standard InChI is InChI=1S/C13H25NO2/c1-4-6-9-14(11(3)5-2)13(15)12-8-7-10-16-12/h11-12H,4-10H2,1-3H3. The Bertz CT molecular complexity index is 212. The lowest BCUT2D eigenvalue weighted by atomic mass is 10.1. The Balaban J connectivity index is 2.55. The normalized spacial score (nSPS) is 22.1. The molecule has 2 unspecified atom stereocenters. The number of carbonyl (C=O) groups excluding carboxylic acids is 1. The van der Waals surface area contributed by atoms with Gasteiger partial charge in [-0.1, -0.05) is 20.3 Å². The summed E-state index contributed by atoms with van der Waals surface area (Å²) in [6.07, 6.45) is 5.00. The van der Waals surface area contributed by atoms with Gasteiger partial charge in [0.05, 0.1) is 0 Å². The number of hydrogen-bond acceptors (Lipinski definition) is 2. The van der Waals surface area contributed by atoms with Gasteiger partial charge in [0, 0.05) is 19.2 Å². The van der Waals surface area contributed by atoms with Crippen LogP contribution < -0.4 is 0 Å². The van der Waals surface area contributed by atoms with E-state index >= 15 is 0 Å². The minimum Gasteiger partial charge on any atom is -0.368 e. The smallest absolute Gasteiger partial charge is 0.251 e. The molecule has 1 fully saturated rings. The second-order valence-corrected chi connectivity index (χ2v) is 4.64. The molecule has 0 aromatic carbocycles. The lowest BCUT2D eigenvalue weighted by molar-refractivity contribution is -0.143. The van der Waals surface area contributed by atoms with E-state index in [2.05, 4.69) is 20.8 Å². The molecule has 3 heteroatoms. The third kappa shape index (κ3) is 3.48. The van der Waals surface area contributed by atoms with Gasteiger partial charge in [-0.2, -0.15) is 0 Å². The summed E-state index contributed by atoms with van der Waals surface area (Å²) in [5.74, 6) is 0.209. The van der Waals surface area contributed by atoms with Crippen LogP contribution in [0.25, 0.3) is 0 Å². The van der Waals surface area contributed by atoms with Gasteiger partial charge in [0.2, 0.25) is 0 Å². The highest BCUT2D eigenvalue weighted by Gasteiger charge is 2.29. The molecule has 16 heavy (non-hydrogen) atoms. The van der Waals surface area contributed by atoms with Crippen LogP contribution in [0, 0.1) is 0 Å². The van der Waals surface area contributed by atoms with E-state index in [1.165, 1.54) is 0 Å². The molecule has 1 saturated heterocycles. The van der Waals surface area contributed by atoms with Crippen LogP contribution in [0.3, 0.4) is 0 Å². The second kappa shape index (κ2) is 6.89. The van der Waals surface area contributed by atoms with E-state index in [0.717, 1.165) is 45.3 Å². The fourth-order valence-corrected chi connectivity index (χ4v) is 2.05.